The van der Waals surface area contributed by atoms with Crippen LogP contribution < -0.4 is 10.1 Å². The number of aryl methyl sites for hydroxylation is 1. The van der Waals surface area contributed by atoms with Gasteiger partial charge in [0.25, 0.3) is 5.91 Å². The lowest BCUT2D eigenvalue weighted by Gasteiger charge is -2.09. The van der Waals surface area contributed by atoms with Gasteiger partial charge in [-0.25, -0.2) is 4.98 Å². The van der Waals surface area contributed by atoms with Crippen LogP contribution in [0.5, 0.6) is 5.75 Å². The van der Waals surface area contributed by atoms with Crippen LogP contribution in [0.25, 0.3) is 5.65 Å². The first-order chi connectivity index (χ1) is 13.5. The first-order valence-electron chi connectivity index (χ1n) is 8.77. The molecule has 1 N–H and O–H groups in total. The summed E-state index contributed by atoms with van der Waals surface area (Å²) in [7, 11) is 0. The van der Waals surface area contributed by atoms with E-state index >= 15 is 0 Å². The van der Waals surface area contributed by atoms with E-state index < -0.39 is 5.97 Å². The molecule has 0 fully saturated rings. The number of fused-ring (bicyclic) bond motifs is 1. The highest BCUT2D eigenvalue weighted by Crippen LogP contribution is 2.22. The number of anilines is 1. The summed E-state index contributed by atoms with van der Waals surface area (Å²) in [4.78, 5) is 28.8. The van der Waals surface area contributed by atoms with Crippen LogP contribution in [0.3, 0.4) is 0 Å². The highest BCUT2D eigenvalue weighted by atomic mass is 79.9. The maximum Gasteiger partial charge on any atom is 0.312 e. The van der Waals surface area contributed by atoms with E-state index in [-0.39, 0.29) is 25.5 Å². The quantitative estimate of drug-likeness (QED) is 0.562. The monoisotopic (exact) mass is 445 g/mol. The van der Waals surface area contributed by atoms with Gasteiger partial charge in [-0.2, -0.15) is 0 Å². The van der Waals surface area contributed by atoms with Gasteiger partial charge in [-0.05, 0) is 54.0 Å². The van der Waals surface area contributed by atoms with Crippen molar-refractivity contribution in [1.82, 2.24) is 9.38 Å². The minimum absolute atomic E-state index is 0.0401. The van der Waals surface area contributed by atoms with Gasteiger partial charge in [0.2, 0.25) is 0 Å². The number of nitrogens with zero attached hydrogens (tertiary/aromatic N) is 2. The van der Waals surface area contributed by atoms with Crippen molar-refractivity contribution < 1.29 is 19.1 Å². The maximum atomic E-state index is 12.4. The fourth-order valence-corrected chi connectivity index (χ4v) is 2.96. The number of aromatic nitrogens is 2. The van der Waals surface area contributed by atoms with Gasteiger partial charge >= 0.3 is 5.97 Å². The van der Waals surface area contributed by atoms with Crippen molar-refractivity contribution in [1.29, 1.82) is 0 Å². The van der Waals surface area contributed by atoms with E-state index in [1.165, 1.54) is 0 Å². The highest BCUT2D eigenvalue weighted by molar-refractivity contribution is 9.10. The zero-order chi connectivity index (χ0) is 20.1. The number of hydrogen-bond donors (Lipinski definition) is 1. The molecule has 0 bridgehead atoms. The third-order valence-electron chi connectivity index (χ3n) is 3.92. The number of pyridine rings is 1. The number of rotatable bonds is 7. The molecule has 3 rings (SSSR count). The lowest BCUT2D eigenvalue weighted by Crippen LogP contribution is -2.22. The van der Waals surface area contributed by atoms with Crippen LogP contribution >= 0.6 is 15.9 Å². The summed E-state index contributed by atoms with van der Waals surface area (Å²) in [6, 6.07) is 11.1. The number of benzene rings is 1. The molecule has 7 nitrogen and oxygen atoms in total. The largest absolute Gasteiger partial charge is 0.484 e. The number of hydrogen-bond acceptors (Lipinski definition) is 5. The molecule has 1 aromatic carbocycles. The molecule has 0 aliphatic heterocycles. The Hall–Kier alpha value is -2.87. The van der Waals surface area contributed by atoms with E-state index in [1.54, 1.807) is 35.7 Å². The summed E-state index contributed by atoms with van der Waals surface area (Å²) in [5.74, 6) is 0.263. The van der Waals surface area contributed by atoms with Crippen LogP contribution in [0, 0.1) is 6.92 Å². The second-order valence-electron chi connectivity index (χ2n) is 6.11. The molecule has 28 heavy (non-hydrogen) atoms. The molecule has 2 aromatic heterocycles. The number of nitrogens with one attached hydrogen (secondary N) is 1. The Morgan fingerprint density at radius 1 is 1.18 bits per heavy atom. The zero-order valence-corrected chi connectivity index (χ0v) is 17.2. The Morgan fingerprint density at radius 3 is 2.64 bits per heavy atom. The van der Waals surface area contributed by atoms with E-state index in [9.17, 15) is 9.59 Å². The number of ether oxygens (including phenoxy) is 2. The summed E-state index contributed by atoms with van der Waals surface area (Å²) in [5.41, 5.74) is 2.15. The summed E-state index contributed by atoms with van der Waals surface area (Å²) in [5, 5.41) is 2.80. The smallest absolute Gasteiger partial charge is 0.312 e. The van der Waals surface area contributed by atoms with Gasteiger partial charge in [-0.1, -0.05) is 17.7 Å². The van der Waals surface area contributed by atoms with E-state index in [4.69, 9.17) is 9.47 Å². The first kappa shape index (κ1) is 19.9. The SMILES string of the molecule is CCOC(=O)Cc1nc2ccc(Br)cn2c1NC(=O)COc1ccc(C)cc1. The maximum absolute atomic E-state index is 12.4. The van der Waals surface area contributed by atoms with E-state index in [2.05, 4.69) is 26.2 Å². The minimum Gasteiger partial charge on any atom is -0.484 e. The second-order valence-corrected chi connectivity index (χ2v) is 7.03. The average molecular weight is 446 g/mol. The topological polar surface area (TPSA) is 81.9 Å². The Balaban J connectivity index is 1.79. The van der Waals surface area contributed by atoms with Crippen LogP contribution in [0.2, 0.25) is 0 Å². The number of imidazole rings is 1. The third-order valence-corrected chi connectivity index (χ3v) is 4.39. The molecular weight excluding hydrogens is 426 g/mol. The van der Waals surface area contributed by atoms with Crippen molar-refractivity contribution in [3.05, 3.63) is 58.3 Å². The summed E-state index contributed by atoms with van der Waals surface area (Å²) in [6.07, 6.45) is 1.73. The molecule has 1 amide bonds. The third kappa shape index (κ3) is 4.89. The van der Waals surface area contributed by atoms with Crippen LogP contribution in [-0.2, 0) is 20.7 Å². The fourth-order valence-electron chi connectivity index (χ4n) is 2.62. The highest BCUT2D eigenvalue weighted by Gasteiger charge is 2.18. The van der Waals surface area contributed by atoms with Crippen molar-refractivity contribution in [2.75, 3.05) is 18.5 Å². The Morgan fingerprint density at radius 2 is 1.93 bits per heavy atom. The molecule has 146 valence electrons. The van der Waals surface area contributed by atoms with Gasteiger partial charge in [0.05, 0.1) is 18.7 Å². The molecule has 0 aliphatic rings. The molecule has 3 aromatic rings. The first-order valence-corrected chi connectivity index (χ1v) is 9.57. The number of carbonyl (C=O) groups excluding carboxylic acids is 2. The molecule has 0 saturated heterocycles. The lowest BCUT2D eigenvalue weighted by molar-refractivity contribution is -0.142. The van der Waals surface area contributed by atoms with Gasteiger partial charge in [-0.15, -0.1) is 0 Å². The van der Waals surface area contributed by atoms with Crippen LogP contribution in [0.4, 0.5) is 5.82 Å². The molecule has 0 saturated carbocycles. The number of amides is 1. The lowest BCUT2D eigenvalue weighted by atomic mass is 10.2. The van der Waals surface area contributed by atoms with Gasteiger partial charge in [0.1, 0.15) is 17.2 Å². The molecule has 2 heterocycles. The van der Waals surface area contributed by atoms with Crippen molar-refractivity contribution in [3.63, 3.8) is 0 Å². The number of halogens is 1. The fraction of sp³-hybridized carbons (Fsp3) is 0.250. The van der Waals surface area contributed by atoms with Crippen molar-refractivity contribution in [2.45, 2.75) is 20.3 Å². The van der Waals surface area contributed by atoms with Gasteiger partial charge in [0, 0.05) is 10.7 Å². The second kappa shape index (κ2) is 8.88. The Labute approximate surface area is 170 Å². The Kier molecular flexibility index (Phi) is 6.30. The molecular formula is C20H20BrN3O4. The van der Waals surface area contributed by atoms with Gasteiger partial charge < -0.3 is 14.8 Å². The van der Waals surface area contributed by atoms with Crippen LogP contribution in [-0.4, -0.2) is 34.5 Å². The number of carbonyl (C=O) groups is 2. The van der Waals surface area contributed by atoms with E-state index in [0.29, 0.717) is 22.9 Å². The number of esters is 1. The summed E-state index contributed by atoms with van der Waals surface area (Å²) < 4.78 is 13.1. The van der Waals surface area contributed by atoms with Crippen LogP contribution in [0.1, 0.15) is 18.2 Å². The Bertz CT molecular complexity index is 999. The predicted molar refractivity (Wildman–Crippen MR) is 109 cm³/mol. The van der Waals surface area contributed by atoms with Gasteiger partial charge in [-0.3, -0.25) is 14.0 Å². The molecule has 0 spiro atoms. The average Bonchev–Trinajstić information content (AvgIpc) is 2.98. The molecule has 0 aliphatic carbocycles. The normalized spacial score (nSPS) is 10.7. The summed E-state index contributed by atoms with van der Waals surface area (Å²) in [6.45, 7) is 3.83. The summed E-state index contributed by atoms with van der Waals surface area (Å²) >= 11 is 3.41. The van der Waals surface area contributed by atoms with Crippen molar-refractivity contribution >= 4 is 39.3 Å². The van der Waals surface area contributed by atoms with Crippen molar-refractivity contribution in [2.24, 2.45) is 0 Å². The molecule has 0 radical (unpaired) electrons. The molecule has 0 atom stereocenters. The van der Waals surface area contributed by atoms with Gasteiger partial charge in [0.15, 0.2) is 6.61 Å². The van der Waals surface area contributed by atoms with Crippen molar-refractivity contribution in [3.8, 4) is 5.75 Å². The van der Waals surface area contributed by atoms with E-state index in [1.807, 2.05) is 25.1 Å². The molecule has 0 unspecified atom stereocenters. The van der Waals surface area contributed by atoms with Crippen LogP contribution in [0.15, 0.2) is 47.1 Å². The minimum atomic E-state index is -0.406. The standard InChI is InChI=1S/C20H20BrN3O4/c1-3-27-19(26)10-16-20(24-11-14(21)6-9-17(24)22-16)23-18(25)12-28-15-7-4-13(2)5-8-15/h4-9,11H,3,10,12H2,1-2H3,(H,23,25). The van der Waals surface area contributed by atoms with E-state index in [0.717, 1.165) is 10.0 Å². The molecule has 8 heteroatoms. The zero-order valence-electron chi connectivity index (χ0n) is 15.6. The predicted octanol–water partition coefficient (Wildman–Crippen LogP) is 3.53.